The smallest absolute Gasteiger partial charge is 0.211 e. The van der Waals surface area contributed by atoms with E-state index in [-0.39, 0.29) is 11.4 Å². The van der Waals surface area contributed by atoms with Crippen LogP contribution in [0.15, 0.2) is 27.6 Å². The maximum Gasteiger partial charge on any atom is 0.243 e. The van der Waals surface area contributed by atoms with Gasteiger partial charge in [0.1, 0.15) is 10.7 Å². The van der Waals surface area contributed by atoms with E-state index < -0.39 is 15.8 Å². The second-order valence-electron chi connectivity index (χ2n) is 2.58. The van der Waals surface area contributed by atoms with Gasteiger partial charge in [0.25, 0.3) is 0 Å². The lowest BCUT2D eigenvalue weighted by atomic mass is 10.3. The van der Waals surface area contributed by atoms with Crippen molar-refractivity contribution in [3.8, 4) is 0 Å². The quantitative estimate of drug-likeness (QED) is 0.920. The molecule has 1 rings (SSSR count). The minimum absolute atomic E-state index is 0.230. The lowest BCUT2D eigenvalue weighted by Crippen LogP contribution is -2.24. The maximum absolute atomic E-state index is 13.1. The first-order valence-corrected chi connectivity index (χ1v) is 6.19. The highest BCUT2D eigenvalue weighted by Crippen LogP contribution is 2.19. The summed E-state index contributed by atoms with van der Waals surface area (Å²) in [6.07, 6.45) is 0. The molecule has 0 aliphatic carbocycles. The van der Waals surface area contributed by atoms with Crippen LogP contribution in [0.1, 0.15) is 6.92 Å². The van der Waals surface area contributed by atoms with Crippen LogP contribution in [-0.4, -0.2) is 15.0 Å². The van der Waals surface area contributed by atoms with Crippen LogP contribution in [0.4, 0.5) is 4.39 Å². The highest BCUT2D eigenvalue weighted by Gasteiger charge is 2.17. The third-order valence-corrected chi connectivity index (χ3v) is 3.57. The molecular weight excluding hydrogens is 273 g/mol. The molecule has 0 fully saturated rings. The number of rotatable bonds is 3. The van der Waals surface area contributed by atoms with Crippen LogP contribution >= 0.6 is 15.9 Å². The normalized spacial score (nSPS) is 11.6. The molecule has 1 aromatic rings. The third kappa shape index (κ3) is 2.52. The van der Waals surface area contributed by atoms with Crippen molar-refractivity contribution in [2.24, 2.45) is 0 Å². The van der Waals surface area contributed by atoms with E-state index in [0.29, 0.717) is 4.47 Å². The fourth-order valence-electron chi connectivity index (χ4n) is 0.951. The van der Waals surface area contributed by atoms with Crippen LogP contribution < -0.4 is 4.72 Å². The van der Waals surface area contributed by atoms with E-state index in [9.17, 15) is 12.8 Å². The number of nitrogens with one attached hydrogen (secondary N) is 1. The number of halogens is 2. The Morgan fingerprint density at radius 2 is 2.14 bits per heavy atom. The summed E-state index contributed by atoms with van der Waals surface area (Å²) >= 11 is 3.08. The Bertz CT molecular complexity index is 433. The SMILES string of the molecule is CCNS(=O)(=O)c1cc(Br)ccc1F. The molecule has 14 heavy (non-hydrogen) atoms. The first kappa shape index (κ1) is 11.6. The van der Waals surface area contributed by atoms with Gasteiger partial charge in [-0.15, -0.1) is 0 Å². The van der Waals surface area contributed by atoms with Gasteiger partial charge < -0.3 is 0 Å². The Hall–Kier alpha value is -0.460. The summed E-state index contributed by atoms with van der Waals surface area (Å²) in [6.45, 7) is 1.86. The molecule has 0 atom stereocenters. The van der Waals surface area contributed by atoms with E-state index in [1.165, 1.54) is 12.1 Å². The van der Waals surface area contributed by atoms with Gasteiger partial charge in [-0.05, 0) is 18.2 Å². The van der Waals surface area contributed by atoms with Crippen LogP contribution in [0, 0.1) is 5.82 Å². The molecule has 0 amide bonds. The lowest BCUT2D eigenvalue weighted by molar-refractivity contribution is 0.558. The molecule has 0 aromatic heterocycles. The van der Waals surface area contributed by atoms with Crippen molar-refractivity contribution in [1.82, 2.24) is 4.72 Å². The van der Waals surface area contributed by atoms with E-state index in [1.807, 2.05) is 0 Å². The Kier molecular flexibility index (Phi) is 3.63. The monoisotopic (exact) mass is 281 g/mol. The van der Waals surface area contributed by atoms with Gasteiger partial charge in [0, 0.05) is 11.0 Å². The molecule has 6 heteroatoms. The summed E-state index contributed by atoms with van der Waals surface area (Å²) in [5, 5.41) is 0. The minimum atomic E-state index is -3.72. The standard InChI is InChI=1S/C8H9BrFNO2S/c1-2-11-14(12,13)8-5-6(9)3-4-7(8)10/h3-5,11H,2H2,1H3. The summed E-state index contributed by atoms with van der Waals surface area (Å²) < 4.78 is 38.8. The summed E-state index contributed by atoms with van der Waals surface area (Å²) in [4.78, 5) is -0.339. The van der Waals surface area contributed by atoms with Crippen molar-refractivity contribution < 1.29 is 12.8 Å². The van der Waals surface area contributed by atoms with E-state index in [4.69, 9.17) is 0 Å². The zero-order valence-corrected chi connectivity index (χ0v) is 9.82. The summed E-state index contributed by atoms with van der Waals surface area (Å²) in [5.41, 5.74) is 0. The Labute approximate surface area is 90.5 Å². The second-order valence-corrected chi connectivity index (χ2v) is 5.23. The summed E-state index contributed by atoms with van der Waals surface area (Å²) in [6, 6.07) is 3.78. The van der Waals surface area contributed by atoms with E-state index >= 15 is 0 Å². The lowest BCUT2D eigenvalue weighted by Gasteiger charge is -2.05. The highest BCUT2D eigenvalue weighted by molar-refractivity contribution is 9.10. The number of sulfonamides is 1. The molecule has 0 saturated heterocycles. The molecule has 0 saturated carbocycles. The molecule has 0 aliphatic heterocycles. The second kappa shape index (κ2) is 4.37. The number of hydrogen-bond acceptors (Lipinski definition) is 2. The van der Waals surface area contributed by atoms with Crippen molar-refractivity contribution in [3.05, 3.63) is 28.5 Å². The van der Waals surface area contributed by atoms with Crippen molar-refractivity contribution in [2.45, 2.75) is 11.8 Å². The molecule has 1 N–H and O–H groups in total. The molecule has 0 bridgehead atoms. The zero-order chi connectivity index (χ0) is 10.8. The van der Waals surface area contributed by atoms with Gasteiger partial charge in [0.2, 0.25) is 10.0 Å². The summed E-state index contributed by atoms with van der Waals surface area (Å²) in [5.74, 6) is -0.755. The number of benzene rings is 1. The van der Waals surface area contributed by atoms with Gasteiger partial charge in [-0.2, -0.15) is 0 Å². The Balaban J connectivity index is 3.25. The molecule has 78 valence electrons. The van der Waals surface area contributed by atoms with Crippen molar-refractivity contribution >= 4 is 26.0 Å². The van der Waals surface area contributed by atoms with Crippen LogP contribution in [0.25, 0.3) is 0 Å². The molecule has 0 heterocycles. The first-order chi connectivity index (χ1) is 6.47. The van der Waals surface area contributed by atoms with E-state index in [2.05, 4.69) is 20.7 Å². The fraction of sp³-hybridized carbons (Fsp3) is 0.250. The van der Waals surface area contributed by atoms with Crippen LogP contribution in [0.2, 0.25) is 0 Å². The maximum atomic E-state index is 13.1. The first-order valence-electron chi connectivity index (χ1n) is 3.92. The third-order valence-electron chi connectivity index (χ3n) is 1.52. The van der Waals surface area contributed by atoms with Crippen molar-refractivity contribution in [3.63, 3.8) is 0 Å². The molecule has 0 unspecified atom stereocenters. The predicted molar refractivity (Wildman–Crippen MR) is 55.0 cm³/mol. The average Bonchev–Trinajstić information content (AvgIpc) is 2.09. The topological polar surface area (TPSA) is 46.2 Å². The van der Waals surface area contributed by atoms with Gasteiger partial charge in [-0.1, -0.05) is 22.9 Å². The largest absolute Gasteiger partial charge is 0.243 e. The van der Waals surface area contributed by atoms with Crippen LogP contribution in [0.3, 0.4) is 0 Å². The molecule has 0 spiro atoms. The fourth-order valence-corrected chi connectivity index (χ4v) is 2.61. The van der Waals surface area contributed by atoms with Gasteiger partial charge in [0.05, 0.1) is 0 Å². The molecule has 0 radical (unpaired) electrons. The van der Waals surface area contributed by atoms with Crippen molar-refractivity contribution in [2.75, 3.05) is 6.54 Å². The average molecular weight is 282 g/mol. The molecular formula is C8H9BrFNO2S. The molecule has 0 aliphatic rings. The minimum Gasteiger partial charge on any atom is -0.211 e. The van der Waals surface area contributed by atoms with E-state index in [1.54, 1.807) is 6.92 Å². The highest BCUT2D eigenvalue weighted by atomic mass is 79.9. The predicted octanol–water partition coefficient (Wildman–Crippen LogP) is 1.89. The van der Waals surface area contributed by atoms with E-state index in [0.717, 1.165) is 6.07 Å². The van der Waals surface area contributed by atoms with Gasteiger partial charge in [-0.25, -0.2) is 17.5 Å². The molecule has 1 aromatic carbocycles. The Morgan fingerprint density at radius 1 is 1.50 bits per heavy atom. The number of hydrogen-bond donors (Lipinski definition) is 1. The van der Waals surface area contributed by atoms with Gasteiger partial charge >= 0.3 is 0 Å². The Morgan fingerprint density at radius 3 is 2.71 bits per heavy atom. The summed E-state index contributed by atoms with van der Waals surface area (Å²) in [7, 11) is -3.72. The van der Waals surface area contributed by atoms with Crippen LogP contribution in [0.5, 0.6) is 0 Å². The van der Waals surface area contributed by atoms with Gasteiger partial charge in [0.15, 0.2) is 0 Å². The molecule has 3 nitrogen and oxygen atoms in total. The zero-order valence-electron chi connectivity index (χ0n) is 7.42. The van der Waals surface area contributed by atoms with Gasteiger partial charge in [-0.3, -0.25) is 0 Å². The van der Waals surface area contributed by atoms with Crippen molar-refractivity contribution in [1.29, 1.82) is 0 Å². The van der Waals surface area contributed by atoms with Crippen LogP contribution in [-0.2, 0) is 10.0 Å².